The monoisotopic (exact) mass is 361 g/mol. The van der Waals surface area contributed by atoms with E-state index in [1.54, 1.807) is 17.0 Å². The quantitative estimate of drug-likeness (QED) is 0.691. The molecule has 1 aromatic carbocycles. The predicted octanol–water partition coefficient (Wildman–Crippen LogP) is 3.72. The van der Waals surface area contributed by atoms with E-state index < -0.39 is 0 Å². The van der Waals surface area contributed by atoms with Crippen molar-refractivity contribution in [2.24, 2.45) is 11.8 Å². The van der Waals surface area contributed by atoms with Crippen molar-refractivity contribution in [1.82, 2.24) is 9.80 Å². The van der Waals surface area contributed by atoms with Crippen LogP contribution < -0.4 is 5.32 Å². The van der Waals surface area contributed by atoms with Gasteiger partial charge in [0.1, 0.15) is 0 Å². The first-order valence-corrected chi connectivity index (χ1v) is 9.68. The third-order valence-electron chi connectivity index (χ3n) is 4.06. The van der Waals surface area contributed by atoms with Crippen LogP contribution >= 0.6 is 0 Å². The molecule has 0 saturated carbocycles. The Labute approximate surface area is 158 Å². The molecule has 0 fully saturated rings. The second kappa shape index (κ2) is 11.0. The summed E-state index contributed by atoms with van der Waals surface area (Å²) in [6.07, 6.45) is 0. The molecule has 0 unspecified atom stereocenters. The highest BCUT2D eigenvalue weighted by Crippen LogP contribution is 2.13. The van der Waals surface area contributed by atoms with Crippen molar-refractivity contribution < 1.29 is 9.59 Å². The van der Waals surface area contributed by atoms with Crippen LogP contribution in [0.5, 0.6) is 0 Å². The summed E-state index contributed by atoms with van der Waals surface area (Å²) in [4.78, 5) is 28.9. The van der Waals surface area contributed by atoms with Crippen molar-refractivity contribution in [2.45, 2.75) is 41.5 Å². The minimum absolute atomic E-state index is 0.00709. The fourth-order valence-corrected chi connectivity index (χ4v) is 3.06. The van der Waals surface area contributed by atoms with Gasteiger partial charge in [-0.2, -0.15) is 0 Å². The Morgan fingerprint density at radius 2 is 1.58 bits per heavy atom. The fourth-order valence-electron chi connectivity index (χ4n) is 3.06. The molecule has 0 heterocycles. The van der Waals surface area contributed by atoms with E-state index in [-0.39, 0.29) is 11.8 Å². The van der Waals surface area contributed by atoms with Gasteiger partial charge in [0.05, 0.1) is 6.54 Å². The van der Waals surface area contributed by atoms with Crippen LogP contribution in [0.2, 0.25) is 0 Å². The second-order valence-corrected chi connectivity index (χ2v) is 7.59. The van der Waals surface area contributed by atoms with E-state index in [1.165, 1.54) is 0 Å². The summed E-state index contributed by atoms with van der Waals surface area (Å²) >= 11 is 0. The molecule has 1 aromatic rings. The third-order valence-corrected chi connectivity index (χ3v) is 4.06. The van der Waals surface area contributed by atoms with Crippen molar-refractivity contribution in [1.29, 1.82) is 0 Å². The zero-order chi connectivity index (χ0) is 19.7. The lowest BCUT2D eigenvalue weighted by Gasteiger charge is -2.25. The smallest absolute Gasteiger partial charge is 0.253 e. The molecule has 26 heavy (non-hydrogen) atoms. The number of anilines is 1. The van der Waals surface area contributed by atoms with Crippen LogP contribution in [0.3, 0.4) is 0 Å². The van der Waals surface area contributed by atoms with Crippen LogP contribution in [0.4, 0.5) is 5.69 Å². The summed E-state index contributed by atoms with van der Waals surface area (Å²) < 4.78 is 0. The molecule has 1 N–H and O–H groups in total. The number of nitrogens with one attached hydrogen (secondary N) is 1. The summed E-state index contributed by atoms with van der Waals surface area (Å²) in [7, 11) is 0. The van der Waals surface area contributed by atoms with E-state index in [2.05, 4.69) is 37.9 Å². The van der Waals surface area contributed by atoms with Crippen LogP contribution in [0.15, 0.2) is 24.3 Å². The molecule has 5 heteroatoms. The highest BCUT2D eigenvalue weighted by molar-refractivity contribution is 5.97. The minimum Gasteiger partial charge on any atom is -0.339 e. The van der Waals surface area contributed by atoms with E-state index >= 15 is 0 Å². The van der Waals surface area contributed by atoms with Gasteiger partial charge in [0.25, 0.3) is 5.91 Å². The molecule has 0 saturated heterocycles. The van der Waals surface area contributed by atoms with Crippen LogP contribution in [-0.2, 0) is 4.79 Å². The van der Waals surface area contributed by atoms with Gasteiger partial charge in [-0.15, -0.1) is 0 Å². The van der Waals surface area contributed by atoms with Crippen LogP contribution in [0.1, 0.15) is 51.9 Å². The molecule has 0 atom stereocenters. The summed E-state index contributed by atoms with van der Waals surface area (Å²) in [5.74, 6) is 0.971. The third kappa shape index (κ3) is 7.56. The maximum Gasteiger partial charge on any atom is 0.253 e. The highest BCUT2D eigenvalue weighted by Gasteiger charge is 2.16. The molecule has 146 valence electrons. The SMILES string of the molecule is CCN(CC)C(=O)c1cccc(NC(=O)CN(CC(C)C)CC(C)C)c1. The predicted molar refractivity (Wildman–Crippen MR) is 108 cm³/mol. The Balaban J connectivity index is 2.76. The lowest BCUT2D eigenvalue weighted by atomic mass is 10.1. The topological polar surface area (TPSA) is 52.7 Å². The maximum absolute atomic E-state index is 12.5. The zero-order valence-electron chi connectivity index (χ0n) is 17.2. The van der Waals surface area contributed by atoms with Crippen molar-refractivity contribution in [3.63, 3.8) is 0 Å². The van der Waals surface area contributed by atoms with Crippen LogP contribution in [0.25, 0.3) is 0 Å². The molecule has 0 aliphatic rings. The van der Waals surface area contributed by atoms with E-state index in [1.807, 2.05) is 26.0 Å². The molecule has 0 spiro atoms. The summed E-state index contributed by atoms with van der Waals surface area (Å²) in [6.45, 7) is 16.1. The number of amides is 2. The average molecular weight is 362 g/mol. The van der Waals surface area contributed by atoms with E-state index in [4.69, 9.17) is 0 Å². The number of carbonyl (C=O) groups is 2. The first-order valence-electron chi connectivity index (χ1n) is 9.68. The lowest BCUT2D eigenvalue weighted by molar-refractivity contribution is -0.117. The first-order chi connectivity index (χ1) is 12.3. The number of rotatable bonds is 10. The van der Waals surface area contributed by atoms with Gasteiger partial charge in [0.15, 0.2) is 0 Å². The molecule has 1 rings (SSSR count). The van der Waals surface area contributed by atoms with Gasteiger partial charge < -0.3 is 10.2 Å². The molecule has 0 aliphatic carbocycles. The Morgan fingerprint density at radius 3 is 2.08 bits per heavy atom. The first kappa shape index (κ1) is 22.2. The molecular weight excluding hydrogens is 326 g/mol. The van der Waals surface area contributed by atoms with Gasteiger partial charge in [0.2, 0.25) is 5.91 Å². The number of benzene rings is 1. The molecule has 2 amide bonds. The standard InChI is InChI=1S/C21H35N3O2/c1-7-24(8-2)21(26)18-10-9-11-19(12-18)22-20(25)15-23(13-16(3)4)14-17(5)6/h9-12,16-17H,7-8,13-15H2,1-6H3,(H,22,25). The van der Waals surface area contributed by atoms with E-state index in [9.17, 15) is 9.59 Å². The molecular formula is C21H35N3O2. The Kier molecular flexibility index (Phi) is 9.35. The maximum atomic E-state index is 12.5. The van der Waals surface area contributed by atoms with Gasteiger partial charge in [-0.3, -0.25) is 14.5 Å². The molecule has 0 aromatic heterocycles. The second-order valence-electron chi connectivity index (χ2n) is 7.59. The summed E-state index contributed by atoms with van der Waals surface area (Å²) in [6, 6.07) is 7.19. The summed E-state index contributed by atoms with van der Waals surface area (Å²) in [5, 5.41) is 2.94. The van der Waals surface area contributed by atoms with Crippen molar-refractivity contribution in [2.75, 3.05) is 38.0 Å². The van der Waals surface area contributed by atoms with E-state index in [0.29, 0.717) is 42.7 Å². The highest BCUT2D eigenvalue weighted by atomic mass is 16.2. The number of hydrogen-bond acceptors (Lipinski definition) is 3. The number of nitrogens with zero attached hydrogens (tertiary/aromatic N) is 2. The van der Waals surface area contributed by atoms with Crippen molar-refractivity contribution >= 4 is 17.5 Å². The van der Waals surface area contributed by atoms with Crippen LogP contribution in [0, 0.1) is 11.8 Å². The summed E-state index contributed by atoms with van der Waals surface area (Å²) in [5.41, 5.74) is 1.27. The van der Waals surface area contributed by atoms with E-state index in [0.717, 1.165) is 13.1 Å². The minimum atomic E-state index is -0.0428. The van der Waals surface area contributed by atoms with Gasteiger partial charge >= 0.3 is 0 Å². The number of carbonyl (C=O) groups excluding carboxylic acids is 2. The zero-order valence-corrected chi connectivity index (χ0v) is 17.2. The van der Waals surface area contributed by atoms with Gasteiger partial charge in [-0.05, 0) is 43.9 Å². The largest absolute Gasteiger partial charge is 0.339 e. The number of hydrogen-bond donors (Lipinski definition) is 1. The Bertz CT molecular complexity index is 570. The molecule has 0 radical (unpaired) electrons. The van der Waals surface area contributed by atoms with Gasteiger partial charge in [-0.1, -0.05) is 33.8 Å². The molecule has 0 bridgehead atoms. The Morgan fingerprint density at radius 1 is 1.00 bits per heavy atom. The lowest BCUT2D eigenvalue weighted by Crippen LogP contribution is -2.38. The van der Waals surface area contributed by atoms with Gasteiger partial charge in [-0.25, -0.2) is 0 Å². The Hall–Kier alpha value is -1.88. The normalized spacial score (nSPS) is 11.3. The van der Waals surface area contributed by atoms with Gasteiger partial charge in [0, 0.05) is 37.4 Å². The molecule has 5 nitrogen and oxygen atoms in total. The average Bonchev–Trinajstić information content (AvgIpc) is 2.54. The van der Waals surface area contributed by atoms with Crippen molar-refractivity contribution in [3.05, 3.63) is 29.8 Å². The fraction of sp³-hybridized carbons (Fsp3) is 0.619. The molecule has 0 aliphatic heterocycles. The van der Waals surface area contributed by atoms with Crippen molar-refractivity contribution in [3.8, 4) is 0 Å². The van der Waals surface area contributed by atoms with Crippen LogP contribution in [-0.4, -0.2) is 54.3 Å².